The number of aliphatic hydroxyl groups is 1. The molecule has 0 unspecified atom stereocenters. The molecule has 0 aliphatic rings. The van der Waals surface area contributed by atoms with Crippen LogP contribution < -0.4 is 11.3 Å². The maximum atomic E-state index is 8.32. The molecular formula is C5H15N2O+. The van der Waals surface area contributed by atoms with Gasteiger partial charge in [0.2, 0.25) is 0 Å². The van der Waals surface area contributed by atoms with E-state index >= 15 is 0 Å². The zero-order chi connectivity index (χ0) is 6.24. The van der Waals surface area contributed by atoms with Crippen LogP contribution in [0, 0.1) is 0 Å². The third-order valence-corrected chi connectivity index (χ3v) is 1.03. The summed E-state index contributed by atoms with van der Waals surface area (Å²) >= 11 is 0. The molecule has 0 atom stereocenters. The lowest BCUT2D eigenvalue weighted by molar-refractivity contribution is -0.667. The highest BCUT2D eigenvalue weighted by Crippen LogP contribution is 1.88. The largest absolute Gasteiger partial charge is 0.396 e. The number of aliphatic hydroxyl groups excluding tert-OH is 1. The maximum Gasteiger partial charge on any atom is 0.0927 e. The second kappa shape index (κ2) is 6.88. The Bertz CT molecular complexity index is 35.4. The lowest BCUT2D eigenvalue weighted by atomic mass is 10.2. The highest BCUT2D eigenvalue weighted by atomic mass is 16.2. The van der Waals surface area contributed by atoms with Crippen molar-refractivity contribution in [2.75, 3.05) is 13.2 Å². The average molecular weight is 119 g/mol. The molecule has 0 aliphatic heterocycles. The number of hydrogen-bond acceptors (Lipinski definition) is 2. The van der Waals surface area contributed by atoms with E-state index in [1.165, 1.54) is 0 Å². The summed E-state index contributed by atoms with van der Waals surface area (Å²) in [5, 5.41) is 8.32. The van der Waals surface area contributed by atoms with Gasteiger partial charge >= 0.3 is 0 Å². The predicted octanol–water partition coefficient (Wildman–Crippen LogP) is -1.41. The molecule has 0 saturated carbocycles. The van der Waals surface area contributed by atoms with Crippen molar-refractivity contribution in [1.82, 2.24) is 0 Å². The van der Waals surface area contributed by atoms with Crippen molar-refractivity contribution in [2.45, 2.75) is 19.3 Å². The third-order valence-electron chi connectivity index (χ3n) is 1.03. The van der Waals surface area contributed by atoms with Crippen LogP contribution in [0.5, 0.6) is 0 Å². The Morgan fingerprint density at radius 2 is 2.00 bits per heavy atom. The molecular weight excluding hydrogens is 104 g/mol. The normalized spacial score (nSPS) is 9.75. The summed E-state index contributed by atoms with van der Waals surface area (Å²) in [6, 6.07) is 0. The van der Waals surface area contributed by atoms with Crippen LogP contribution in [0.25, 0.3) is 0 Å². The average Bonchev–Trinajstić information content (AvgIpc) is 1.81. The zero-order valence-corrected chi connectivity index (χ0v) is 5.14. The molecule has 3 nitrogen and oxygen atoms in total. The Morgan fingerprint density at radius 1 is 1.25 bits per heavy atom. The molecule has 0 amide bonds. The highest BCUT2D eigenvalue weighted by molar-refractivity contribution is 4.35. The van der Waals surface area contributed by atoms with Crippen molar-refractivity contribution in [1.29, 1.82) is 0 Å². The van der Waals surface area contributed by atoms with Crippen LogP contribution in [0.1, 0.15) is 19.3 Å². The summed E-state index contributed by atoms with van der Waals surface area (Å²) < 4.78 is 0. The SMILES string of the molecule is N[NH2+]CCCCCO. The Labute approximate surface area is 49.9 Å². The lowest BCUT2D eigenvalue weighted by Crippen LogP contribution is -2.91. The molecule has 0 aromatic carbocycles. The first kappa shape index (κ1) is 7.88. The van der Waals surface area contributed by atoms with Crippen molar-refractivity contribution < 1.29 is 10.5 Å². The van der Waals surface area contributed by atoms with Gasteiger partial charge in [0, 0.05) is 6.61 Å². The van der Waals surface area contributed by atoms with Crippen LogP contribution in [0.3, 0.4) is 0 Å². The van der Waals surface area contributed by atoms with Crippen LogP contribution in [0.4, 0.5) is 0 Å². The summed E-state index contributed by atoms with van der Waals surface area (Å²) in [4.78, 5) is 0. The van der Waals surface area contributed by atoms with Gasteiger partial charge in [-0.3, -0.25) is 5.43 Å². The van der Waals surface area contributed by atoms with E-state index in [4.69, 9.17) is 10.9 Å². The topological polar surface area (TPSA) is 62.9 Å². The number of unbranched alkanes of at least 4 members (excludes halogenated alkanes) is 2. The Hall–Kier alpha value is -0.120. The van der Waals surface area contributed by atoms with E-state index in [2.05, 4.69) is 0 Å². The number of rotatable bonds is 5. The van der Waals surface area contributed by atoms with Gasteiger partial charge in [-0.25, -0.2) is 0 Å². The van der Waals surface area contributed by atoms with Crippen LogP contribution >= 0.6 is 0 Å². The van der Waals surface area contributed by atoms with Crippen LogP contribution in [0.15, 0.2) is 0 Å². The molecule has 0 saturated heterocycles. The summed E-state index contributed by atoms with van der Waals surface area (Å²) in [5.41, 5.74) is 1.66. The van der Waals surface area contributed by atoms with E-state index in [-0.39, 0.29) is 0 Å². The van der Waals surface area contributed by atoms with Gasteiger partial charge in [0.05, 0.1) is 6.54 Å². The molecule has 50 valence electrons. The van der Waals surface area contributed by atoms with Gasteiger partial charge in [-0.15, -0.1) is 0 Å². The maximum absolute atomic E-state index is 8.32. The first-order chi connectivity index (χ1) is 3.91. The lowest BCUT2D eigenvalue weighted by Gasteiger charge is -1.92. The number of quaternary nitrogens is 1. The molecule has 0 rings (SSSR count). The fourth-order valence-electron chi connectivity index (χ4n) is 0.551. The van der Waals surface area contributed by atoms with Gasteiger partial charge in [0.15, 0.2) is 0 Å². The zero-order valence-electron chi connectivity index (χ0n) is 5.14. The van der Waals surface area contributed by atoms with Crippen molar-refractivity contribution in [3.63, 3.8) is 0 Å². The van der Waals surface area contributed by atoms with Gasteiger partial charge in [0.25, 0.3) is 0 Å². The molecule has 0 aromatic heterocycles. The second-order valence-corrected chi connectivity index (χ2v) is 1.81. The number of hydrogen-bond donors (Lipinski definition) is 3. The van der Waals surface area contributed by atoms with Gasteiger partial charge in [-0.1, -0.05) is 0 Å². The molecule has 0 aliphatic carbocycles. The smallest absolute Gasteiger partial charge is 0.0927 e. The summed E-state index contributed by atoms with van der Waals surface area (Å²) in [6.07, 6.45) is 3.11. The monoisotopic (exact) mass is 119 g/mol. The Kier molecular flexibility index (Phi) is 6.78. The number of nitrogens with two attached hydrogens (primary N) is 2. The molecule has 0 fully saturated rings. The second-order valence-electron chi connectivity index (χ2n) is 1.81. The first-order valence-corrected chi connectivity index (χ1v) is 3.06. The minimum absolute atomic E-state index is 0.310. The van der Waals surface area contributed by atoms with E-state index in [9.17, 15) is 0 Å². The van der Waals surface area contributed by atoms with Crippen molar-refractivity contribution in [3.8, 4) is 0 Å². The Balaban J connectivity index is 2.53. The fraction of sp³-hybridized carbons (Fsp3) is 1.00. The molecule has 0 bridgehead atoms. The van der Waals surface area contributed by atoms with E-state index in [1.54, 1.807) is 5.43 Å². The van der Waals surface area contributed by atoms with Gasteiger partial charge in [0.1, 0.15) is 0 Å². The minimum atomic E-state index is 0.310. The summed E-state index contributed by atoms with van der Waals surface area (Å²) in [5.74, 6) is 5.12. The molecule has 5 N–H and O–H groups in total. The standard InChI is InChI=1S/C5H14N2O/c6-7-4-2-1-3-5-8/h7-8H,1-6H2/p+1. The molecule has 0 heterocycles. The van der Waals surface area contributed by atoms with Crippen LogP contribution in [-0.2, 0) is 0 Å². The van der Waals surface area contributed by atoms with Crippen LogP contribution in [-0.4, -0.2) is 18.3 Å². The third kappa shape index (κ3) is 5.88. The van der Waals surface area contributed by atoms with Crippen LogP contribution in [0.2, 0.25) is 0 Å². The van der Waals surface area contributed by atoms with Crippen molar-refractivity contribution in [3.05, 3.63) is 0 Å². The molecule has 0 radical (unpaired) electrons. The van der Waals surface area contributed by atoms with Gasteiger partial charge < -0.3 is 5.11 Å². The van der Waals surface area contributed by atoms with E-state index in [0.29, 0.717) is 6.61 Å². The first-order valence-electron chi connectivity index (χ1n) is 3.06. The minimum Gasteiger partial charge on any atom is -0.396 e. The molecule has 3 heteroatoms. The quantitative estimate of drug-likeness (QED) is 0.236. The summed E-state index contributed by atoms with van der Waals surface area (Å²) in [6.45, 7) is 1.28. The van der Waals surface area contributed by atoms with E-state index < -0.39 is 0 Å². The fourth-order valence-corrected chi connectivity index (χ4v) is 0.551. The molecule has 0 aromatic rings. The van der Waals surface area contributed by atoms with Crippen molar-refractivity contribution in [2.24, 2.45) is 5.84 Å². The Morgan fingerprint density at radius 3 is 2.50 bits per heavy atom. The summed E-state index contributed by atoms with van der Waals surface area (Å²) in [7, 11) is 0. The van der Waals surface area contributed by atoms with E-state index in [0.717, 1.165) is 25.8 Å². The van der Waals surface area contributed by atoms with Crippen molar-refractivity contribution >= 4 is 0 Å². The highest BCUT2D eigenvalue weighted by Gasteiger charge is 1.85. The van der Waals surface area contributed by atoms with E-state index in [1.807, 2.05) is 0 Å². The van der Waals surface area contributed by atoms with Gasteiger partial charge in [-0.05, 0) is 19.3 Å². The van der Waals surface area contributed by atoms with Gasteiger partial charge in [-0.2, -0.15) is 5.84 Å². The molecule has 8 heavy (non-hydrogen) atoms. The molecule has 0 spiro atoms. The predicted molar refractivity (Wildman–Crippen MR) is 31.9 cm³/mol.